The van der Waals surface area contributed by atoms with Crippen LogP contribution in [-0.4, -0.2) is 18.1 Å². The van der Waals surface area contributed by atoms with Crippen LogP contribution in [0.3, 0.4) is 0 Å². The Hall–Kier alpha value is -1.82. The van der Waals surface area contributed by atoms with Crippen molar-refractivity contribution in [1.82, 2.24) is 4.98 Å². The normalized spacial score (nSPS) is 8.71. The van der Waals surface area contributed by atoms with Crippen LogP contribution < -0.4 is 0 Å². The molecule has 0 saturated carbocycles. The molecule has 0 saturated heterocycles. The van der Waals surface area contributed by atoms with Gasteiger partial charge in [0.2, 0.25) is 0 Å². The molecule has 0 spiro atoms. The molecule has 14 heavy (non-hydrogen) atoms. The number of rotatable bonds is 1. The molecule has 0 bridgehead atoms. The van der Waals surface area contributed by atoms with Crippen molar-refractivity contribution in [3.05, 3.63) is 29.6 Å². The Balaban J connectivity index is 2.68. The van der Waals surface area contributed by atoms with Gasteiger partial charge in [0.1, 0.15) is 6.42 Å². The van der Waals surface area contributed by atoms with Crippen molar-refractivity contribution in [1.29, 1.82) is 0 Å². The largest absolute Gasteiger partial charge is 0.468 e. The van der Waals surface area contributed by atoms with Gasteiger partial charge in [0.05, 0.1) is 12.8 Å². The summed E-state index contributed by atoms with van der Waals surface area (Å²) in [5.74, 6) is 5.27. The highest BCUT2D eigenvalue weighted by atomic mass is 16.5. The summed E-state index contributed by atoms with van der Waals surface area (Å²) in [4.78, 5) is 14.8. The first-order chi connectivity index (χ1) is 6.74. The van der Waals surface area contributed by atoms with E-state index in [4.69, 9.17) is 0 Å². The third-order valence-electron chi connectivity index (χ3n) is 1.69. The zero-order chi connectivity index (χ0) is 10.4. The standard InChI is InChI=1S/C11H11NO2/c1-9-10(6-4-8-12-9)5-3-7-11(13)14-2/h4,6,8H,7H2,1-2H3. The first-order valence-electron chi connectivity index (χ1n) is 4.21. The maximum Gasteiger partial charge on any atom is 0.317 e. The minimum Gasteiger partial charge on any atom is -0.468 e. The molecule has 1 heterocycles. The molecule has 0 amide bonds. The second kappa shape index (κ2) is 5.03. The lowest BCUT2D eigenvalue weighted by Crippen LogP contribution is -1.97. The number of hydrogen-bond acceptors (Lipinski definition) is 3. The van der Waals surface area contributed by atoms with Gasteiger partial charge in [-0.2, -0.15) is 0 Å². The number of nitrogens with zero attached hydrogens (tertiary/aromatic N) is 1. The zero-order valence-electron chi connectivity index (χ0n) is 8.20. The summed E-state index contributed by atoms with van der Waals surface area (Å²) < 4.78 is 4.46. The fraction of sp³-hybridized carbons (Fsp3) is 0.273. The molecule has 3 nitrogen and oxygen atoms in total. The molecule has 1 aromatic heterocycles. The van der Waals surface area contributed by atoms with E-state index in [1.165, 1.54) is 7.11 Å². The molecule has 1 aromatic rings. The molecule has 0 atom stereocenters. The van der Waals surface area contributed by atoms with Gasteiger partial charge in [-0.3, -0.25) is 9.78 Å². The van der Waals surface area contributed by atoms with Crippen molar-refractivity contribution in [2.75, 3.05) is 7.11 Å². The number of ether oxygens (including phenoxy) is 1. The summed E-state index contributed by atoms with van der Waals surface area (Å²) in [6, 6.07) is 3.68. The van der Waals surface area contributed by atoms with Crippen molar-refractivity contribution in [3.8, 4) is 11.8 Å². The van der Waals surface area contributed by atoms with Crippen molar-refractivity contribution in [3.63, 3.8) is 0 Å². The van der Waals surface area contributed by atoms with Gasteiger partial charge in [-0.25, -0.2) is 0 Å². The van der Waals surface area contributed by atoms with Crippen LogP contribution in [0.15, 0.2) is 18.3 Å². The van der Waals surface area contributed by atoms with Gasteiger partial charge >= 0.3 is 5.97 Å². The Kier molecular flexibility index (Phi) is 3.69. The second-order valence-electron chi connectivity index (χ2n) is 2.69. The summed E-state index contributed by atoms with van der Waals surface area (Å²) in [7, 11) is 1.35. The average Bonchev–Trinajstić information content (AvgIpc) is 2.20. The fourth-order valence-electron chi connectivity index (χ4n) is 0.900. The van der Waals surface area contributed by atoms with Crippen molar-refractivity contribution in [2.24, 2.45) is 0 Å². The smallest absolute Gasteiger partial charge is 0.317 e. The first kappa shape index (κ1) is 10.3. The van der Waals surface area contributed by atoms with E-state index in [2.05, 4.69) is 21.6 Å². The Morgan fingerprint density at radius 3 is 3.07 bits per heavy atom. The number of aryl methyl sites for hydroxylation is 1. The van der Waals surface area contributed by atoms with Crippen molar-refractivity contribution in [2.45, 2.75) is 13.3 Å². The molecule has 0 N–H and O–H groups in total. The van der Waals surface area contributed by atoms with Crippen LogP contribution in [0.4, 0.5) is 0 Å². The lowest BCUT2D eigenvalue weighted by atomic mass is 10.2. The molecule has 0 aliphatic carbocycles. The van der Waals surface area contributed by atoms with Crippen LogP contribution >= 0.6 is 0 Å². The van der Waals surface area contributed by atoms with E-state index in [0.717, 1.165) is 11.3 Å². The Bertz CT molecular complexity index is 388. The van der Waals surface area contributed by atoms with Gasteiger partial charge < -0.3 is 4.74 Å². The first-order valence-corrected chi connectivity index (χ1v) is 4.21. The molecular weight excluding hydrogens is 178 g/mol. The number of hydrogen-bond donors (Lipinski definition) is 0. The number of aromatic nitrogens is 1. The van der Waals surface area contributed by atoms with Crippen LogP contribution in [0.5, 0.6) is 0 Å². The monoisotopic (exact) mass is 189 g/mol. The third-order valence-corrected chi connectivity index (χ3v) is 1.69. The van der Waals surface area contributed by atoms with Crippen LogP contribution in [0.25, 0.3) is 0 Å². The summed E-state index contributed by atoms with van der Waals surface area (Å²) in [5, 5.41) is 0. The molecule has 72 valence electrons. The van der Waals surface area contributed by atoms with E-state index in [1.54, 1.807) is 6.20 Å². The van der Waals surface area contributed by atoms with Crippen molar-refractivity contribution >= 4 is 5.97 Å². The van der Waals surface area contributed by atoms with Gasteiger partial charge in [0.25, 0.3) is 0 Å². The lowest BCUT2D eigenvalue weighted by Gasteiger charge is -1.94. The van der Waals surface area contributed by atoms with Crippen molar-refractivity contribution < 1.29 is 9.53 Å². The van der Waals surface area contributed by atoms with Gasteiger partial charge in [0, 0.05) is 11.8 Å². The van der Waals surface area contributed by atoms with Crippen LogP contribution in [-0.2, 0) is 9.53 Å². The maximum atomic E-state index is 10.7. The van der Waals surface area contributed by atoms with E-state index in [1.807, 2.05) is 19.1 Å². The van der Waals surface area contributed by atoms with E-state index >= 15 is 0 Å². The molecule has 0 aliphatic heterocycles. The van der Waals surface area contributed by atoms with Gasteiger partial charge in [0.15, 0.2) is 0 Å². The van der Waals surface area contributed by atoms with Crippen LogP contribution in [0.2, 0.25) is 0 Å². The van der Waals surface area contributed by atoms with E-state index in [9.17, 15) is 4.79 Å². The quantitative estimate of drug-likeness (QED) is 0.494. The average molecular weight is 189 g/mol. The molecule has 1 rings (SSSR count). The Morgan fingerprint density at radius 1 is 1.64 bits per heavy atom. The number of esters is 1. The number of carbonyl (C=O) groups is 1. The number of carbonyl (C=O) groups excluding carboxylic acids is 1. The number of methoxy groups -OCH3 is 1. The predicted molar refractivity (Wildman–Crippen MR) is 52.5 cm³/mol. The highest BCUT2D eigenvalue weighted by Gasteiger charge is 1.95. The third kappa shape index (κ3) is 2.91. The summed E-state index contributed by atoms with van der Waals surface area (Å²) in [5.41, 5.74) is 1.71. The predicted octanol–water partition coefficient (Wildman–Crippen LogP) is 1.30. The summed E-state index contributed by atoms with van der Waals surface area (Å²) >= 11 is 0. The summed E-state index contributed by atoms with van der Waals surface area (Å²) in [6.07, 6.45) is 1.83. The maximum absolute atomic E-state index is 10.7. The van der Waals surface area contributed by atoms with Gasteiger partial charge in [-0.05, 0) is 19.1 Å². The molecular formula is C11H11NO2. The SMILES string of the molecule is COC(=O)CC#Cc1cccnc1C. The molecule has 0 fully saturated rings. The van der Waals surface area contributed by atoms with Crippen LogP contribution in [0.1, 0.15) is 17.7 Å². The van der Waals surface area contributed by atoms with E-state index in [0.29, 0.717) is 0 Å². The molecule has 0 aromatic carbocycles. The topological polar surface area (TPSA) is 39.2 Å². The molecule has 3 heteroatoms. The Morgan fingerprint density at radius 2 is 2.43 bits per heavy atom. The van der Waals surface area contributed by atoms with Gasteiger partial charge in [-0.1, -0.05) is 11.8 Å². The Labute approximate surface area is 83.1 Å². The minimum absolute atomic E-state index is 0.116. The highest BCUT2D eigenvalue weighted by Crippen LogP contribution is 2.00. The van der Waals surface area contributed by atoms with E-state index < -0.39 is 0 Å². The molecule has 0 radical (unpaired) electrons. The van der Waals surface area contributed by atoms with Gasteiger partial charge in [-0.15, -0.1) is 0 Å². The number of pyridine rings is 1. The molecule has 0 unspecified atom stereocenters. The van der Waals surface area contributed by atoms with Crippen LogP contribution in [0, 0.1) is 18.8 Å². The summed E-state index contributed by atoms with van der Waals surface area (Å²) in [6.45, 7) is 1.88. The fourth-order valence-corrected chi connectivity index (χ4v) is 0.900. The lowest BCUT2D eigenvalue weighted by molar-refractivity contribution is -0.139. The minimum atomic E-state index is -0.320. The second-order valence-corrected chi connectivity index (χ2v) is 2.69. The highest BCUT2D eigenvalue weighted by molar-refractivity contribution is 5.72. The molecule has 0 aliphatic rings. The van der Waals surface area contributed by atoms with E-state index in [-0.39, 0.29) is 12.4 Å². The zero-order valence-corrected chi connectivity index (χ0v) is 8.20.